The monoisotopic (exact) mass is 354 g/mol. The summed E-state index contributed by atoms with van der Waals surface area (Å²) in [6, 6.07) is 7.70. The van der Waals surface area contributed by atoms with E-state index >= 15 is 0 Å². The Morgan fingerprint density at radius 2 is 1.83 bits per heavy atom. The third kappa shape index (κ3) is 7.01. The number of nitrogens with zero attached hydrogens (tertiary/aromatic N) is 1. The number of sulfonamides is 1. The first-order valence-electron chi connectivity index (χ1n) is 8.59. The molecule has 0 radical (unpaired) electrons. The lowest BCUT2D eigenvalue weighted by molar-refractivity contribution is -0.116. The van der Waals surface area contributed by atoms with Crippen molar-refractivity contribution in [3.63, 3.8) is 0 Å². The van der Waals surface area contributed by atoms with Crippen LogP contribution in [0.3, 0.4) is 0 Å². The van der Waals surface area contributed by atoms with Gasteiger partial charge in [0.25, 0.3) is 0 Å². The molecule has 0 aliphatic heterocycles. The molecule has 0 aromatic heterocycles. The van der Waals surface area contributed by atoms with Gasteiger partial charge in [-0.3, -0.25) is 4.79 Å². The van der Waals surface area contributed by atoms with Gasteiger partial charge in [0.15, 0.2) is 0 Å². The van der Waals surface area contributed by atoms with Gasteiger partial charge in [-0.25, -0.2) is 12.7 Å². The van der Waals surface area contributed by atoms with E-state index in [1.54, 1.807) is 0 Å². The van der Waals surface area contributed by atoms with Crippen LogP contribution in [-0.4, -0.2) is 38.0 Å². The number of para-hydroxylation sites is 1. The van der Waals surface area contributed by atoms with Crippen LogP contribution in [0, 0.1) is 0 Å². The van der Waals surface area contributed by atoms with Crippen molar-refractivity contribution in [1.82, 2.24) is 4.31 Å². The fourth-order valence-electron chi connectivity index (χ4n) is 2.53. The second-order valence-electron chi connectivity index (χ2n) is 6.41. The third-order valence-corrected chi connectivity index (χ3v) is 5.23. The van der Waals surface area contributed by atoms with Crippen LogP contribution in [0.4, 0.5) is 5.69 Å². The molecule has 0 fully saturated rings. The van der Waals surface area contributed by atoms with Crippen molar-refractivity contribution in [2.75, 3.05) is 24.7 Å². The Balaban J connectivity index is 2.63. The highest BCUT2D eigenvalue weighted by molar-refractivity contribution is 7.88. The van der Waals surface area contributed by atoms with Gasteiger partial charge in [0.2, 0.25) is 15.9 Å². The molecule has 0 saturated carbocycles. The number of benzene rings is 1. The van der Waals surface area contributed by atoms with Gasteiger partial charge in [0, 0.05) is 25.2 Å². The first-order valence-corrected chi connectivity index (χ1v) is 10.4. The Kier molecular flexibility index (Phi) is 8.42. The minimum atomic E-state index is -3.28. The van der Waals surface area contributed by atoms with Crippen LogP contribution in [0.5, 0.6) is 0 Å². The smallest absolute Gasteiger partial charge is 0.225 e. The summed E-state index contributed by atoms with van der Waals surface area (Å²) in [5.74, 6) is 0.148. The summed E-state index contributed by atoms with van der Waals surface area (Å²) in [4.78, 5) is 12.2. The zero-order chi connectivity index (χ0) is 18.2. The SMILES string of the molecule is CCCCCN(CCC(=O)Nc1ccccc1C(C)C)S(C)(=O)=O. The lowest BCUT2D eigenvalue weighted by atomic mass is 10.0. The minimum Gasteiger partial charge on any atom is -0.326 e. The quantitative estimate of drug-likeness (QED) is 0.653. The van der Waals surface area contributed by atoms with Crippen LogP contribution in [-0.2, 0) is 14.8 Å². The lowest BCUT2D eigenvalue weighted by Gasteiger charge is -2.20. The fraction of sp³-hybridized carbons (Fsp3) is 0.611. The number of amides is 1. The highest BCUT2D eigenvalue weighted by Crippen LogP contribution is 2.23. The molecule has 0 unspecified atom stereocenters. The van der Waals surface area contributed by atoms with Crippen molar-refractivity contribution in [3.05, 3.63) is 29.8 Å². The number of hydrogen-bond acceptors (Lipinski definition) is 3. The second kappa shape index (κ2) is 9.79. The molecule has 0 atom stereocenters. The maximum atomic E-state index is 12.2. The molecule has 1 aromatic rings. The Hall–Kier alpha value is -1.40. The molecule has 0 saturated heterocycles. The van der Waals surface area contributed by atoms with Crippen LogP contribution < -0.4 is 5.32 Å². The molecular weight excluding hydrogens is 324 g/mol. The molecule has 0 bridgehead atoms. The molecule has 0 spiro atoms. The highest BCUT2D eigenvalue weighted by atomic mass is 32.2. The maximum absolute atomic E-state index is 12.2. The zero-order valence-corrected chi connectivity index (χ0v) is 16.0. The summed E-state index contributed by atoms with van der Waals surface area (Å²) in [5, 5.41) is 2.91. The summed E-state index contributed by atoms with van der Waals surface area (Å²) in [7, 11) is -3.28. The number of hydrogen-bond donors (Lipinski definition) is 1. The number of anilines is 1. The van der Waals surface area contributed by atoms with E-state index in [1.165, 1.54) is 10.6 Å². The first-order chi connectivity index (χ1) is 11.3. The molecule has 0 aliphatic rings. The van der Waals surface area contributed by atoms with Crippen LogP contribution in [0.25, 0.3) is 0 Å². The van der Waals surface area contributed by atoms with Crippen LogP contribution in [0.1, 0.15) is 57.9 Å². The topological polar surface area (TPSA) is 66.5 Å². The van der Waals surface area contributed by atoms with Gasteiger partial charge in [-0.2, -0.15) is 0 Å². The minimum absolute atomic E-state index is 0.158. The van der Waals surface area contributed by atoms with E-state index in [1.807, 2.05) is 24.3 Å². The van der Waals surface area contributed by atoms with Crippen molar-refractivity contribution in [3.8, 4) is 0 Å². The standard InChI is InChI=1S/C18H30N2O3S/c1-5-6-9-13-20(24(4,22)23)14-12-18(21)19-17-11-8-7-10-16(17)15(2)3/h7-8,10-11,15H,5-6,9,12-14H2,1-4H3,(H,19,21). The largest absolute Gasteiger partial charge is 0.326 e. The zero-order valence-electron chi connectivity index (χ0n) is 15.2. The van der Waals surface area contributed by atoms with Crippen molar-refractivity contribution in [1.29, 1.82) is 0 Å². The van der Waals surface area contributed by atoms with Gasteiger partial charge in [-0.05, 0) is 24.0 Å². The number of unbranched alkanes of at least 4 members (excludes halogenated alkanes) is 2. The average molecular weight is 355 g/mol. The fourth-order valence-corrected chi connectivity index (χ4v) is 3.42. The van der Waals surface area contributed by atoms with Crippen LogP contribution >= 0.6 is 0 Å². The van der Waals surface area contributed by atoms with Crippen LogP contribution in [0.15, 0.2) is 24.3 Å². The average Bonchev–Trinajstić information content (AvgIpc) is 2.49. The molecule has 1 aromatic carbocycles. The second-order valence-corrected chi connectivity index (χ2v) is 8.39. The van der Waals surface area contributed by atoms with E-state index in [-0.39, 0.29) is 18.9 Å². The van der Waals surface area contributed by atoms with E-state index in [9.17, 15) is 13.2 Å². The van der Waals surface area contributed by atoms with E-state index in [2.05, 4.69) is 26.1 Å². The summed E-state index contributed by atoms with van der Waals surface area (Å²) >= 11 is 0. The third-order valence-electron chi connectivity index (χ3n) is 3.93. The van der Waals surface area contributed by atoms with Crippen molar-refractivity contribution >= 4 is 21.6 Å². The van der Waals surface area contributed by atoms with Crippen LogP contribution in [0.2, 0.25) is 0 Å². The van der Waals surface area contributed by atoms with E-state index in [4.69, 9.17) is 0 Å². The van der Waals surface area contributed by atoms with Gasteiger partial charge in [0.1, 0.15) is 0 Å². The number of rotatable bonds is 10. The van der Waals surface area contributed by atoms with Gasteiger partial charge in [-0.15, -0.1) is 0 Å². The summed E-state index contributed by atoms with van der Waals surface area (Å²) in [5.41, 5.74) is 1.88. The summed E-state index contributed by atoms with van der Waals surface area (Å²) in [6.45, 7) is 6.92. The molecule has 6 heteroatoms. The first kappa shape index (κ1) is 20.6. The predicted octanol–water partition coefficient (Wildman–Crippen LogP) is 3.59. The van der Waals surface area contributed by atoms with Gasteiger partial charge < -0.3 is 5.32 Å². The summed E-state index contributed by atoms with van der Waals surface area (Å²) in [6.07, 6.45) is 4.20. The Morgan fingerprint density at radius 3 is 2.42 bits per heavy atom. The number of carbonyl (C=O) groups is 1. The molecule has 1 amide bonds. The van der Waals surface area contributed by atoms with E-state index in [0.717, 1.165) is 30.5 Å². The Labute approximate surface area is 146 Å². The predicted molar refractivity (Wildman–Crippen MR) is 99.7 cm³/mol. The number of carbonyl (C=O) groups excluding carboxylic acids is 1. The molecular formula is C18H30N2O3S. The molecule has 1 N–H and O–H groups in total. The van der Waals surface area contributed by atoms with Gasteiger partial charge in [-0.1, -0.05) is 51.8 Å². The molecule has 0 aliphatic carbocycles. The Morgan fingerprint density at radius 1 is 1.17 bits per heavy atom. The van der Waals surface area contributed by atoms with Crippen molar-refractivity contribution in [2.24, 2.45) is 0 Å². The van der Waals surface area contributed by atoms with Crippen molar-refractivity contribution < 1.29 is 13.2 Å². The maximum Gasteiger partial charge on any atom is 0.225 e. The van der Waals surface area contributed by atoms with Gasteiger partial charge >= 0.3 is 0 Å². The Bertz CT molecular complexity index is 627. The molecule has 1 rings (SSSR count). The van der Waals surface area contributed by atoms with E-state index in [0.29, 0.717) is 12.5 Å². The lowest BCUT2D eigenvalue weighted by Crippen LogP contribution is -2.34. The van der Waals surface area contributed by atoms with Crippen molar-refractivity contribution in [2.45, 2.75) is 52.4 Å². The molecule has 136 valence electrons. The summed E-state index contributed by atoms with van der Waals surface area (Å²) < 4.78 is 25.1. The highest BCUT2D eigenvalue weighted by Gasteiger charge is 2.18. The molecule has 5 nitrogen and oxygen atoms in total. The number of nitrogens with one attached hydrogen (secondary N) is 1. The van der Waals surface area contributed by atoms with E-state index < -0.39 is 10.0 Å². The molecule has 0 heterocycles. The normalized spacial score (nSPS) is 11.9. The van der Waals surface area contributed by atoms with Gasteiger partial charge in [0.05, 0.1) is 6.26 Å². The molecule has 24 heavy (non-hydrogen) atoms.